The van der Waals surface area contributed by atoms with Gasteiger partial charge in [-0.2, -0.15) is 0 Å². The van der Waals surface area contributed by atoms with E-state index in [1.807, 2.05) is 11.8 Å². The number of thioether (sulfide) groups is 1. The van der Waals surface area contributed by atoms with Gasteiger partial charge in [-0.15, -0.1) is 11.8 Å². The number of nitrogens with zero attached hydrogens (tertiary/aromatic N) is 2. The molecule has 0 saturated carbocycles. The summed E-state index contributed by atoms with van der Waals surface area (Å²) in [6.07, 6.45) is 13.2. The molecule has 29 heavy (non-hydrogen) atoms. The number of rotatable bonds is 7. The zero-order chi connectivity index (χ0) is 19.9. The summed E-state index contributed by atoms with van der Waals surface area (Å²) in [5.41, 5.74) is 1.20. The second-order valence-corrected chi connectivity index (χ2v) is 9.40. The van der Waals surface area contributed by atoms with Crippen molar-refractivity contribution in [1.82, 2.24) is 9.80 Å². The van der Waals surface area contributed by atoms with E-state index in [1.165, 1.54) is 16.9 Å². The maximum absolute atomic E-state index is 5.89. The lowest BCUT2D eigenvalue weighted by Crippen LogP contribution is -2.46. The molecule has 6 heteroatoms. The second-order valence-electron chi connectivity index (χ2n) is 7.32. The van der Waals surface area contributed by atoms with Gasteiger partial charge in [-0.25, -0.2) is 0 Å². The first-order valence-electron chi connectivity index (χ1n) is 10.2. The molecule has 1 aromatic rings. The van der Waals surface area contributed by atoms with Gasteiger partial charge in [0.15, 0.2) is 12.0 Å². The molecule has 1 fully saturated rings. The van der Waals surface area contributed by atoms with Crippen LogP contribution in [0.1, 0.15) is 19.3 Å². The van der Waals surface area contributed by atoms with Crippen LogP contribution in [-0.4, -0.2) is 48.3 Å². The van der Waals surface area contributed by atoms with Crippen molar-refractivity contribution in [3.63, 3.8) is 0 Å². The van der Waals surface area contributed by atoms with Gasteiger partial charge in [-0.3, -0.25) is 4.90 Å². The molecule has 0 unspecified atom stereocenters. The van der Waals surface area contributed by atoms with Crippen molar-refractivity contribution >= 4 is 27.7 Å². The van der Waals surface area contributed by atoms with Gasteiger partial charge < -0.3 is 14.4 Å². The van der Waals surface area contributed by atoms with Crippen LogP contribution in [0.4, 0.5) is 0 Å². The second kappa shape index (κ2) is 10.4. The Morgan fingerprint density at radius 2 is 1.97 bits per heavy atom. The summed E-state index contributed by atoms with van der Waals surface area (Å²) < 4.78 is 12.9. The highest BCUT2D eigenvalue weighted by molar-refractivity contribution is 9.10. The van der Waals surface area contributed by atoms with Gasteiger partial charge in [0.05, 0.1) is 0 Å². The average molecular weight is 475 g/mol. The van der Waals surface area contributed by atoms with Crippen molar-refractivity contribution < 1.29 is 9.47 Å². The normalized spacial score (nSPS) is 19.8. The molecule has 0 atom stereocenters. The molecule has 154 valence electrons. The molecule has 2 heterocycles. The molecule has 0 radical (unpaired) electrons. The van der Waals surface area contributed by atoms with E-state index in [1.54, 1.807) is 12.5 Å². The van der Waals surface area contributed by atoms with E-state index in [2.05, 4.69) is 68.2 Å². The van der Waals surface area contributed by atoms with E-state index in [9.17, 15) is 0 Å². The lowest BCUT2D eigenvalue weighted by atomic mass is 10.0. The van der Waals surface area contributed by atoms with Gasteiger partial charge in [-0.05, 0) is 55.3 Å². The molecule has 1 aliphatic carbocycles. The Labute approximate surface area is 186 Å². The first-order chi connectivity index (χ1) is 14.3. The summed E-state index contributed by atoms with van der Waals surface area (Å²) in [5, 5.41) is 0. The first-order valence-corrected chi connectivity index (χ1v) is 12.0. The Hall–Kier alpha value is -1.63. The number of piperazine rings is 1. The molecule has 0 amide bonds. The van der Waals surface area contributed by atoms with E-state index >= 15 is 0 Å². The fourth-order valence-corrected chi connectivity index (χ4v) is 5.06. The van der Waals surface area contributed by atoms with Crippen molar-refractivity contribution in [3.8, 4) is 0 Å². The number of hydrogen-bond donors (Lipinski definition) is 0. The fraction of sp³-hybridized carbons (Fsp3) is 0.391. The van der Waals surface area contributed by atoms with Gasteiger partial charge in [0.1, 0.15) is 6.26 Å². The summed E-state index contributed by atoms with van der Waals surface area (Å²) in [6.45, 7) is 5.23. The quantitative estimate of drug-likeness (QED) is 0.383. The summed E-state index contributed by atoms with van der Waals surface area (Å²) in [5.74, 6) is 2.81. The van der Waals surface area contributed by atoms with Crippen LogP contribution in [0.15, 0.2) is 81.6 Å². The van der Waals surface area contributed by atoms with Crippen LogP contribution in [0.25, 0.3) is 0 Å². The van der Waals surface area contributed by atoms with E-state index in [0.717, 1.165) is 67.4 Å². The predicted molar refractivity (Wildman–Crippen MR) is 122 cm³/mol. The Morgan fingerprint density at radius 3 is 2.69 bits per heavy atom. The molecule has 0 aromatic heterocycles. The Bertz CT molecular complexity index is 826. The minimum absolute atomic E-state index is 0.825. The average Bonchev–Trinajstić information content (AvgIpc) is 2.78. The van der Waals surface area contributed by atoms with E-state index in [0.29, 0.717) is 0 Å². The van der Waals surface area contributed by atoms with Gasteiger partial charge in [0.25, 0.3) is 0 Å². The standard InChI is InChI=1S/C23H27BrN2O2S/c24-20-8-4-9-21(16-20)29-15-5-10-25-11-13-26(14-12-25)23-18-27-22(17-28-23)19-6-2-1-3-7-19/h1-2,4,6,8-9,16-18H,3,5,7,10-15H2. The topological polar surface area (TPSA) is 24.9 Å². The molecule has 0 N–H and O–H groups in total. The summed E-state index contributed by atoms with van der Waals surface area (Å²) in [6, 6.07) is 8.53. The van der Waals surface area contributed by atoms with E-state index in [4.69, 9.17) is 9.47 Å². The third kappa shape index (κ3) is 5.93. The molecule has 3 aliphatic rings. The monoisotopic (exact) mass is 474 g/mol. The molecule has 2 aliphatic heterocycles. The minimum atomic E-state index is 0.825. The number of benzene rings is 1. The van der Waals surface area contributed by atoms with E-state index < -0.39 is 0 Å². The maximum Gasteiger partial charge on any atom is 0.231 e. The van der Waals surface area contributed by atoms with Crippen LogP contribution in [0.2, 0.25) is 0 Å². The van der Waals surface area contributed by atoms with Crippen LogP contribution >= 0.6 is 27.7 Å². The number of ether oxygens (including phenoxy) is 2. The fourth-order valence-electron chi connectivity index (χ4n) is 3.62. The number of hydrogen-bond acceptors (Lipinski definition) is 5. The molecule has 4 nitrogen and oxygen atoms in total. The lowest BCUT2D eigenvalue weighted by molar-refractivity contribution is 0.0848. The highest BCUT2D eigenvalue weighted by Gasteiger charge is 2.22. The zero-order valence-electron chi connectivity index (χ0n) is 16.6. The zero-order valence-corrected chi connectivity index (χ0v) is 19.0. The molecular formula is C23H27BrN2O2S. The number of halogens is 1. The molecule has 0 spiro atoms. The highest BCUT2D eigenvalue weighted by atomic mass is 79.9. The smallest absolute Gasteiger partial charge is 0.231 e. The predicted octanol–water partition coefficient (Wildman–Crippen LogP) is 5.51. The van der Waals surface area contributed by atoms with Crippen molar-refractivity contribution in [2.75, 3.05) is 38.5 Å². The molecule has 0 bridgehead atoms. The van der Waals surface area contributed by atoms with Crippen molar-refractivity contribution in [3.05, 3.63) is 76.7 Å². The third-order valence-corrected chi connectivity index (χ3v) is 6.84. The van der Waals surface area contributed by atoms with Crippen molar-refractivity contribution in [2.45, 2.75) is 24.2 Å². The highest BCUT2D eigenvalue weighted by Crippen LogP contribution is 2.27. The molecule has 1 saturated heterocycles. The molecule has 1 aromatic carbocycles. The lowest BCUT2D eigenvalue weighted by Gasteiger charge is -2.36. The summed E-state index contributed by atoms with van der Waals surface area (Å²) in [4.78, 5) is 6.15. The van der Waals surface area contributed by atoms with Gasteiger partial charge >= 0.3 is 0 Å². The van der Waals surface area contributed by atoms with Crippen molar-refractivity contribution in [2.24, 2.45) is 0 Å². The Balaban J connectivity index is 1.15. The van der Waals surface area contributed by atoms with Crippen LogP contribution in [0.5, 0.6) is 0 Å². The van der Waals surface area contributed by atoms with Gasteiger partial charge in [0, 0.05) is 35.5 Å². The maximum atomic E-state index is 5.89. The third-order valence-electron chi connectivity index (χ3n) is 5.27. The first kappa shape index (κ1) is 20.6. The SMILES string of the molecule is Brc1cccc(SCCCN2CCN(C3=COC(C4=CC=CCC4)=CO3)CC2)c1. The van der Waals surface area contributed by atoms with Crippen LogP contribution in [0.3, 0.4) is 0 Å². The van der Waals surface area contributed by atoms with Crippen molar-refractivity contribution in [1.29, 1.82) is 0 Å². The van der Waals surface area contributed by atoms with E-state index in [-0.39, 0.29) is 0 Å². The molecule has 4 rings (SSSR count). The molecular weight excluding hydrogens is 448 g/mol. The van der Waals surface area contributed by atoms with Gasteiger partial charge in [0.2, 0.25) is 5.88 Å². The minimum Gasteiger partial charge on any atom is -0.456 e. The van der Waals surface area contributed by atoms with Crippen LogP contribution in [-0.2, 0) is 9.47 Å². The van der Waals surface area contributed by atoms with Crippen LogP contribution < -0.4 is 0 Å². The summed E-state index contributed by atoms with van der Waals surface area (Å²) in [7, 11) is 0. The number of allylic oxidation sites excluding steroid dienone is 4. The van der Waals surface area contributed by atoms with Crippen LogP contribution in [0, 0.1) is 0 Å². The largest absolute Gasteiger partial charge is 0.456 e. The van der Waals surface area contributed by atoms with Gasteiger partial charge in [-0.1, -0.05) is 40.2 Å². The Morgan fingerprint density at radius 1 is 1.07 bits per heavy atom. The Kier molecular flexibility index (Phi) is 7.41. The summed E-state index contributed by atoms with van der Waals surface area (Å²) >= 11 is 5.47.